The molecule has 0 bridgehead atoms. The van der Waals surface area contributed by atoms with Crippen molar-refractivity contribution in [2.24, 2.45) is 5.10 Å². The van der Waals surface area contributed by atoms with Gasteiger partial charge in [0.1, 0.15) is 5.60 Å². The Bertz CT molecular complexity index is 405. The molecule has 0 atom stereocenters. The molecule has 0 fully saturated rings. The van der Waals surface area contributed by atoms with E-state index >= 15 is 0 Å². The Balaban J connectivity index is 3.04. The second kappa shape index (κ2) is 4.08. The first-order valence-corrected chi connectivity index (χ1v) is 5.01. The number of esters is 1. The van der Waals surface area contributed by atoms with Crippen LogP contribution in [0.5, 0.6) is 0 Å². The Hall–Kier alpha value is -1.65. The summed E-state index contributed by atoms with van der Waals surface area (Å²) in [6.07, 6.45) is 0. The monoisotopic (exact) mass is 224 g/mol. The number of nitrogens with zero attached hydrogens (tertiary/aromatic N) is 1. The summed E-state index contributed by atoms with van der Waals surface area (Å²) >= 11 is 0. The predicted octanol–water partition coefficient (Wildman–Crippen LogP) is 1.15. The van der Waals surface area contributed by atoms with Crippen LogP contribution < -0.4 is 5.43 Å². The van der Waals surface area contributed by atoms with Gasteiger partial charge in [0.15, 0.2) is 0 Å². The molecule has 1 amide bonds. The van der Waals surface area contributed by atoms with Gasteiger partial charge < -0.3 is 4.74 Å². The molecule has 1 rings (SSSR count). The van der Waals surface area contributed by atoms with Gasteiger partial charge in [0.05, 0.1) is 11.3 Å². The van der Waals surface area contributed by atoms with Crippen LogP contribution in [0.4, 0.5) is 0 Å². The zero-order valence-corrected chi connectivity index (χ0v) is 10.2. The molecule has 88 valence electrons. The highest BCUT2D eigenvalue weighted by Crippen LogP contribution is 2.32. The maximum atomic E-state index is 11.6. The van der Waals surface area contributed by atoms with Crippen molar-refractivity contribution in [1.29, 1.82) is 0 Å². The lowest BCUT2D eigenvalue weighted by molar-refractivity contribution is -0.144. The summed E-state index contributed by atoms with van der Waals surface area (Å²) in [6, 6.07) is 0. The Morgan fingerprint density at radius 3 is 2.31 bits per heavy atom. The van der Waals surface area contributed by atoms with Crippen molar-refractivity contribution in [3.63, 3.8) is 0 Å². The van der Waals surface area contributed by atoms with Gasteiger partial charge in [-0.1, -0.05) is 0 Å². The molecule has 0 aromatic heterocycles. The highest BCUT2D eigenvalue weighted by molar-refractivity contribution is 6.21. The number of carbonyl (C=O) groups is 2. The first kappa shape index (κ1) is 12.4. The normalized spacial score (nSPS) is 19.8. The minimum Gasteiger partial charge on any atom is -0.451 e. The van der Waals surface area contributed by atoms with E-state index in [2.05, 4.69) is 10.5 Å². The van der Waals surface area contributed by atoms with Crippen LogP contribution in [0.1, 0.15) is 34.6 Å². The third-order valence-electron chi connectivity index (χ3n) is 2.57. The van der Waals surface area contributed by atoms with E-state index in [9.17, 15) is 9.59 Å². The Morgan fingerprint density at radius 2 is 1.94 bits per heavy atom. The molecular formula is C11H16N2O3. The Morgan fingerprint density at radius 1 is 1.38 bits per heavy atom. The van der Waals surface area contributed by atoms with Crippen molar-refractivity contribution < 1.29 is 14.3 Å². The van der Waals surface area contributed by atoms with Gasteiger partial charge in [-0.3, -0.25) is 4.79 Å². The van der Waals surface area contributed by atoms with E-state index < -0.39 is 11.6 Å². The molecule has 0 saturated heterocycles. The number of rotatable bonds is 2. The Labute approximate surface area is 94.5 Å². The molecule has 0 radical (unpaired) electrons. The highest BCUT2D eigenvalue weighted by Gasteiger charge is 2.38. The smallest absolute Gasteiger partial charge is 0.341 e. The summed E-state index contributed by atoms with van der Waals surface area (Å²) in [7, 11) is 0. The summed E-state index contributed by atoms with van der Waals surface area (Å²) in [5.41, 5.74) is 3.43. The molecule has 1 N–H and O–H groups in total. The van der Waals surface area contributed by atoms with E-state index in [-0.39, 0.29) is 5.91 Å². The van der Waals surface area contributed by atoms with Crippen LogP contribution >= 0.6 is 0 Å². The lowest BCUT2D eigenvalue weighted by Gasteiger charge is -2.18. The van der Waals surface area contributed by atoms with E-state index in [0.717, 1.165) is 5.57 Å². The maximum absolute atomic E-state index is 11.6. The van der Waals surface area contributed by atoms with Crippen molar-refractivity contribution in [1.82, 2.24) is 5.43 Å². The zero-order chi connectivity index (χ0) is 12.5. The van der Waals surface area contributed by atoms with Gasteiger partial charge >= 0.3 is 5.97 Å². The van der Waals surface area contributed by atoms with Crippen LogP contribution in [-0.4, -0.2) is 23.2 Å². The lowest BCUT2D eigenvalue weighted by Crippen LogP contribution is -2.21. The van der Waals surface area contributed by atoms with Crippen molar-refractivity contribution in [3.05, 3.63) is 11.1 Å². The van der Waals surface area contributed by atoms with Gasteiger partial charge in [-0.2, -0.15) is 5.10 Å². The third-order valence-corrected chi connectivity index (χ3v) is 2.57. The largest absolute Gasteiger partial charge is 0.451 e. The molecule has 0 saturated carbocycles. The topological polar surface area (TPSA) is 67.8 Å². The van der Waals surface area contributed by atoms with Crippen LogP contribution in [0.2, 0.25) is 0 Å². The fourth-order valence-electron chi connectivity index (χ4n) is 1.45. The minimum atomic E-state index is -0.598. The molecule has 1 aliphatic heterocycles. The summed E-state index contributed by atoms with van der Waals surface area (Å²) in [4.78, 5) is 22.3. The van der Waals surface area contributed by atoms with Gasteiger partial charge in [0.25, 0.3) is 0 Å². The van der Waals surface area contributed by atoms with Gasteiger partial charge in [-0.15, -0.1) is 0 Å². The summed E-state index contributed by atoms with van der Waals surface area (Å²) in [5.74, 6) is -0.669. The molecular weight excluding hydrogens is 208 g/mol. The molecule has 0 aliphatic carbocycles. The van der Waals surface area contributed by atoms with E-state index in [1.54, 1.807) is 6.92 Å². The number of hydrogen-bond donors (Lipinski definition) is 1. The number of carbonyl (C=O) groups excluding carboxylic acids is 2. The summed E-state index contributed by atoms with van der Waals surface area (Å²) in [5, 5.41) is 3.83. The molecule has 0 unspecified atom stereocenters. The third kappa shape index (κ3) is 2.29. The lowest BCUT2D eigenvalue weighted by atomic mass is 9.96. The average Bonchev–Trinajstić information content (AvgIpc) is 2.32. The standard InChI is InChI=1S/C11H16N2O3/c1-6-9(7(2)12-13-8(3)14)10(15)16-11(6,4)5/h1-5H3,(H,13,14)/b12-7-. The van der Waals surface area contributed by atoms with Crippen LogP contribution in [0.15, 0.2) is 16.2 Å². The molecule has 1 heterocycles. The maximum Gasteiger partial charge on any atom is 0.341 e. The van der Waals surface area contributed by atoms with Crippen LogP contribution in [0.25, 0.3) is 0 Å². The number of cyclic esters (lactones) is 1. The quantitative estimate of drug-likeness (QED) is 0.434. The zero-order valence-electron chi connectivity index (χ0n) is 10.2. The van der Waals surface area contributed by atoms with E-state index in [0.29, 0.717) is 11.3 Å². The SMILES string of the molecule is CC(=O)N/N=C(/C)C1=C(C)C(C)(C)OC1=O. The van der Waals surface area contributed by atoms with Crippen molar-refractivity contribution in [2.45, 2.75) is 40.2 Å². The molecule has 5 heteroatoms. The summed E-state index contributed by atoms with van der Waals surface area (Å²) < 4.78 is 5.19. The van der Waals surface area contributed by atoms with Gasteiger partial charge in [0, 0.05) is 6.92 Å². The number of hydrazone groups is 1. The van der Waals surface area contributed by atoms with Crippen LogP contribution in [0, 0.1) is 0 Å². The van der Waals surface area contributed by atoms with Crippen molar-refractivity contribution >= 4 is 17.6 Å². The number of nitrogens with one attached hydrogen (secondary N) is 1. The number of hydrogen-bond acceptors (Lipinski definition) is 4. The first-order chi connectivity index (χ1) is 7.25. The fraction of sp³-hybridized carbons (Fsp3) is 0.545. The van der Waals surface area contributed by atoms with Gasteiger partial charge in [-0.05, 0) is 33.3 Å². The molecule has 0 spiro atoms. The van der Waals surface area contributed by atoms with E-state index in [1.807, 2.05) is 20.8 Å². The van der Waals surface area contributed by atoms with Gasteiger partial charge in [0.2, 0.25) is 5.91 Å². The van der Waals surface area contributed by atoms with Crippen molar-refractivity contribution in [2.75, 3.05) is 0 Å². The number of ether oxygens (including phenoxy) is 1. The summed E-state index contributed by atoms with van der Waals surface area (Å²) in [6.45, 7) is 8.48. The second-order valence-electron chi connectivity index (χ2n) is 4.27. The minimum absolute atomic E-state index is 0.275. The fourth-order valence-corrected chi connectivity index (χ4v) is 1.45. The molecule has 0 aromatic rings. The van der Waals surface area contributed by atoms with E-state index in [1.165, 1.54) is 6.92 Å². The Kier molecular flexibility index (Phi) is 3.16. The average molecular weight is 224 g/mol. The first-order valence-electron chi connectivity index (χ1n) is 5.01. The van der Waals surface area contributed by atoms with Crippen LogP contribution in [-0.2, 0) is 14.3 Å². The van der Waals surface area contributed by atoms with E-state index in [4.69, 9.17) is 4.74 Å². The predicted molar refractivity (Wildman–Crippen MR) is 59.8 cm³/mol. The van der Waals surface area contributed by atoms with Crippen molar-refractivity contribution in [3.8, 4) is 0 Å². The van der Waals surface area contributed by atoms with Crippen LogP contribution in [0.3, 0.4) is 0 Å². The molecule has 1 aliphatic rings. The highest BCUT2D eigenvalue weighted by atomic mass is 16.6. The number of amides is 1. The molecule has 16 heavy (non-hydrogen) atoms. The molecule has 0 aromatic carbocycles. The van der Waals surface area contributed by atoms with Gasteiger partial charge in [-0.25, -0.2) is 10.2 Å². The molecule has 5 nitrogen and oxygen atoms in total. The second-order valence-corrected chi connectivity index (χ2v) is 4.27.